The minimum Gasteiger partial charge on any atom is -0.444 e. The van der Waals surface area contributed by atoms with Gasteiger partial charge in [-0.1, -0.05) is 37.6 Å². The van der Waals surface area contributed by atoms with Gasteiger partial charge in [0.25, 0.3) is 0 Å². The first-order chi connectivity index (χ1) is 12.7. The van der Waals surface area contributed by atoms with Crippen LogP contribution in [0.15, 0.2) is 36.7 Å². The third kappa shape index (κ3) is 4.22. The molecule has 0 unspecified atom stereocenters. The van der Waals surface area contributed by atoms with Crippen LogP contribution in [0.2, 0.25) is 5.15 Å². The molecule has 0 aliphatic heterocycles. The van der Waals surface area contributed by atoms with E-state index < -0.39 is 11.7 Å². The lowest BCUT2D eigenvalue weighted by atomic mass is 10.1. The number of imidazole rings is 1. The van der Waals surface area contributed by atoms with Crippen molar-refractivity contribution in [1.82, 2.24) is 14.4 Å². The van der Waals surface area contributed by atoms with Crippen molar-refractivity contribution in [2.45, 2.75) is 46.1 Å². The van der Waals surface area contributed by atoms with Gasteiger partial charge < -0.3 is 4.74 Å². The predicted molar refractivity (Wildman–Crippen MR) is 107 cm³/mol. The van der Waals surface area contributed by atoms with Crippen LogP contribution in [-0.2, 0) is 4.74 Å². The molecule has 0 aliphatic carbocycles. The molecule has 0 spiro atoms. The smallest absolute Gasteiger partial charge is 0.412 e. The highest BCUT2D eigenvalue weighted by Gasteiger charge is 2.17. The highest BCUT2D eigenvalue weighted by Crippen LogP contribution is 2.28. The quantitative estimate of drug-likeness (QED) is 0.643. The van der Waals surface area contributed by atoms with Gasteiger partial charge in [0, 0.05) is 17.2 Å². The molecule has 1 N–H and O–H groups in total. The molecule has 0 saturated carbocycles. The SMILES string of the molecule is CC(C)c1ncc2c(Cl)ncc(-c3ccc(NC(=O)OC(C)(C)C)cc3)n12. The zero-order valence-electron chi connectivity index (χ0n) is 16.1. The number of hydrogen-bond acceptors (Lipinski definition) is 4. The normalized spacial score (nSPS) is 11.8. The second-order valence-corrected chi connectivity index (χ2v) is 7.99. The highest BCUT2D eigenvalue weighted by molar-refractivity contribution is 6.32. The van der Waals surface area contributed by atoms with Crippen LogP contribution < -0.4 is 5.32 Å². The molecule has 142 valence electrons. The van der Waals surface area contributed by atoms with Crippen LogP contribution in [0.4, 0.5) is 10.5 Å². The lowest BCUT2D eigenvalue weighted by Crippen LogP contribution is -2.27. The Hall–Kier alpha value is -2.60. The summed E-state index contributed by atoms with van der Waals surface area (Å²) in [6.07, 6.45) is 2.99. The van der Waals surface area contributed by atoms with Gasteiger partial charge in [-0.15, -0.1) is 0 Å². The van der Waals surface area contributed by atoms with E-state index in [0.29, 0.717) is 10.8 Å². The van der Waals surface area contributed by atoms with Crippen molar-refractivity contribution in [3.8, 4) is 11.3 Å². The second kappa shape index (κ2) is 7.19. The standard InChI is InChI=1S/C20H23ClN4O2/c1-12(2)18-23-11-16-17(21)22-10-15(25(16)18)13-6-8-14(9-7-13)24-19(26)27-20(3,4)5/h6-12H,1-5H3,(H,24,26). The highest BCUT2D eigenvalue weighted by atomic mass is 35.5. The Morgan fingerprint density at radius 2 is 1.81 bits per heavy atom. The largest absolute Gasteiger partial charge is 0.444 e. The Kier molecular flexibility index (Phi) is 5.11. The molecule has 1 aromatic carbocycles. The van der Waals surface area contributed by atoms with Crippen molar-refractivity contribution < 1.29 is 9.53 Å². The Bertz CT molecular complexity index is 972. The van der Waals surface area contributed by atoms with Gasteiger partial charge in [0.1, 0.15) is 16.9 Å². The van der Waals surface area contributed by atoms with Crippen LogP contribution in [0, 0.1) is 0 Å². The fraction of sp³-hybridized carbons (Fsp3) is 0.350. The first kappa shape index (κ1) is 19.2. The first-order valence-corrected chi connectivity index (χ1v) is 9.16. The predicted octanol–water partition coefficient (Wildman–Crippen LogP) is 5.52. The maximum Gasteiger partial charge on any atom is 0.412 e. The molecule has 2 heterocycles. The van der Waals surface area contributed by atoms with Crippen molar-refractivity contribution in [1.29, 1.82) is 0 Å². The minimum atomic E-state index is -0.542. The second-order valence-electron chi connectivity index (χ2n) is 7.63. The van der Waals surface area contributed by atoms with Gasteiger partial charge in [0.05, 0.1) is 18.1 Å². The third-order valence-electron chi connectivity index (χ3n) is 3.88. The number of amides is 1. The number of nitrogens with one attached hydrogen (secondary N) is 1. The third-order valence-corrected chi connectivity index (χ3v) is 4.18. The van der Waals surface area contributed by atoms with Crippen molar-refractivity contribution >= 4 is 28.9 Å². The van der Waals surface area contributed by atoms with Gasteiger partial charge in [0.15, 0.2) is 5.15 Å². The monoisotopic (exact) mass is 386 g/mol. The van der Waals surface area contributed by atoms with E-state index in [1.165, 1.54) is 0 Å². The number of halogens is 1. The van der Waals surface area contributed by atoms with Crippen LogP contribution >= 0.6 is 11.6 Å². The zero-order valence-corrected chi connectivity index (χ0v) is 16.8. The molecular formula is C20H23ClN4O2. The van der Waals surface area contributed by atoms with E-state index in [2.05, 4.69) is 29.1 Å². The zero-order chi connectivity index (χ0) is 19.8. The fourth-order valence-corrected chi connectivity index (χ4v) is 2.95. The van der Waals surface area contributed by atoms with E-state index in [-0.39, 0.29) is 5.92 Å². The number of nitrogens with zero attached hydrogens (tertiary/aromatic N) is 3. The molecule has 0 saturated heterocycles. The fourth-order valence-electron chi connectivity index (χ4n) is 2.76. The molecule has 0 fully saturated rings. The van der Waals surface area contributed by atoms with Crippen molar-refractivity contribution in [2.75, 3.05) is 5.32 Å². The number of hydrogen-bond donors (Lipinski definition) is 1. The number of ether oxygens (including phenoxy) is 1. The van der Waals surface area contributed by atoms with Crippen LogP contribution in [-0.4, -0.2) is 26.1 Å². The summed E-state index contributed by atoms with van der Waals surface area (Å²) < 4.78 is 7.30. The van der Waals surface area contributed by atoms with Gasteiger partial charge in [0.2, 0.25) is 0 Å². The summed E-state index contributed by atoms with van der Waals surface area (Å²) in [6, 6.07) is 7.49. The summed E-state index contributed by atoms with van der Waals surface area (Å²) in [7, 11) is 0. The number of carbonyl (C=O) groups excluding carboxylic acids is 1. The summed E-state index contributed by atoms with van der Waals surface area (Å²) in [5.41, 5.74) is 2.71. The summed E-state index contributed by atoms with van der Waals surface area (Å²) in [6.45, 7) is 9.64. The number of benzene rings is 1. The minimum absolute atomic E-state index is 0.234. The number of aromatic nitrogens is 3. The molecule has 0 atom stereocenters. The molecule has 6 nitrogen and oxygen atoms in total. The van der Waals surface area contributed by atoms with Crippen LogP contribution in [0.1, 0.15) is 46.4 Å². The number of fused-ring (bicyclic) bond motifs is 1. The molecule has 3 aromatic rings. The van der Waals surface area contributed by atoms with E-state index in [4.69, 9.17) is 16.3 Å². The van der Waals surface area contributed by atoms with E-state index >= 15 is 0 Å². The molecule has 3 rings (SSSR count). The summed E-state index contributed by atoms with van der Waals surface area (Å²) in [5.74, 6) is 1.15. The lowest BCUT2D eigenvalue weighted by Gasteiger charge is -2.19. The van der Waals surface area contributed by atoms with Crippen LogP contribution in [0.3, 0.4) is 0 Å². The molecule has 0 bridgehead atoms. The number of carbonyl (C=O) groups is 1. The van der Waals surface area contributed by atoms with Gasteiger partial charge in [-0.3, -0.25) is 9.72 Å². The van der Waals surface area contributed by atoms with Crippen molar-refractivity contribution in [3.63, 3.8) is 0 Å². The van der Waals surface area contributed by atoms with Gasteiger partial charge in [-0.05, 0) is 32.9 Å². The van der Waals surface area contributed by atoms with Gasteiger partial charge in [-0.2, -0.15) is 0 Å². The molecule has 2 aromatic heterocycles. The first-order valence-electron chi connectivity index (χ1n) is 8.78. The van der Waals surface area contributed by atoms with Crippen LogP contribution in [0.25, 0.3) is 16.8 Å². The number of rotatable bonds is 3. The average molecular weight is 387 g/mol. The van der Waals surface area contributed by atoms with E-state index in [0.717, 1.165) is 22.6 Å². The summed E-state index contributed by atoms with van der Waals surface area (Å²) >= 11 is 6.24. The molecule has 1 amide bonds. The van der Waals surface area contributed by atoms with E-state index in [9.17, 15) is 4.79 Å². The van der Waals surface area contributed by atoms with Crippen molar-refractivity contribution in [3.05, 3.63) is 47.6 Å². The van der Waals surface area contributed by atoms with Gasteiger partial charge >= 0.3 is 6.09 Å². The number of anilines is 1. The maximum absolute atomic E-state index is 11.9. The molecule has 0 radical (unpaired) electrons. The van der Waals surface area contributed by atoms with Gasteiger partial charge in [-0.25, -0.2) is 14.8 Å². The Balaban J connectivity index is 1.93. The average Bonchev–Trinajstić information content (AvgIpc) is 3.00. The Morgan fingerprint density at radius 1 is 1.15 bits per heavy atom. The molecular weight excluding hydrogens is 364 g/mol. The van der Waals surface area contributed by atoms with Crippen molar-refractivity contribution in [2.24, 2.45) is 0 Å². The Labute approximate surface area is 163 Å². The van der Waals surface area contributed by atoms with E-state index in [1.807, 2.05) is 49.4 Å². The lowest BCUT2D eigenvalue weighted by molar-refractivity contribution is 0.0636. The Morgan fingerprint density at radius 3 is 2.41 bits per heavy atom. The molecule has 0 aliphatic rings. The molecule has 27 heavy (non-hydrogen) atoms. The topological polar surface area (TPSA) is 68.5 Å². The summed E-state index contributed by atoms with van der Waals surface area (Å²) in [4.78, 5) is 20.7. The van der Waals surface area contributed by atoms with Crippen LogP contribution in [0.5, 0.6) is 0 Å². The summed E-state index contributed by atoms with van der Waals surface area (Å²) in [5, 5.41) is 3.15. The van der Waals surface area contributed by atoms with E-state index in [1.54, 1.807) is 12.4 Å². The maximum atomic E-state index is 11.9. The molecule has 7 heteroatoms.